The van der Waals surface area contributed by atoms with Gasteiger partial charge in [0.1, 0.15) is 12.2 Å². The number of fused-ring (bicyclic) bond motifs is 1. The van der Waals surface area contributed by atoms with Crippen molar-refractivity contribution in [2.75, 3.05) is 11.1 Å². The molecule has 0 radical (unpaired) electrons. The van der Waals surface area contributed by atoms with E-state index in [2.05, 4.69) is 21.2 Å². The summed E-state index contributed by atoms with van der Waals surface area (Å²) >= 11 is 4.73. The molecule has 0 aliphatic carbocycles. The van der Waals surface area contributed by atoms with E-state index in [0.717, 1.165) is 9.37 Å². The number of benzene rings is 2. The number of thioether (sulfide) groups is 1. The van der Waals surface area contributed by atoms with Crippen molar-refractivity contribution in [2.45, 2.75) is 18.4 Å². The molecule has 8 heteroatoms. The Hall–Kier alpha value is -2.58. The van der Waals surface area contributed by atoms with Crippen LogP contribution >= 0.6 is 27.7 Å². The van der Waals surface area contributed by atoms with E-state index in [-0.39, 0.29) is 24.2 Å². The normalized spacial score (nSPS) is 10.6. The molecule has 3 rings (SSSR count). The number of halogens is 1. The predicted molar refractivity (Wildman–Crippen MR) is 111 cm³/mol. The highest BCUT2D eigenvalue weighted by Crippen LogP contribution is 2.23. The molecular weight excluding hydrogens is 446 g/mol. The number of ether oxygens (including phenoxy) is 1. The minimum Gasteiger partial charge on any atom is -0.460 e. The van der Waals surface area contributed by atoms with Crippen molar-refractivity contribution >= 4 is 56.2 Å². The molecule has 1 N–H and O–H groups in total. The lowest BCUT2D eigenvalue weighted by molar-refractivity contribution is -0.141. The van der Waals surface area contributed by atoms with Crippen molar-refractivity contribution in [3.8, 4) is 0 Å². The molecule has 0 bridgehead atoms. The lowest BCUT2D eigenvalue weighted by atomic mass is 10.1. The van der Waals surface area contributed by atoms with Gasteiger partial charge in [0.15, 0.2) is 0 Å². The second-order valence-electron chi connectivity index (χ2n) is 5.89. The maximum absolute atomic E-state index is 12.1. The average Bonchev–Trinajstić information content (AvgIpc) is 2.64. The Morgan fingerprint density at radius 3 is 2.61 bits per heavy atom. The van der Waals surface area contributed by atoms with Gasteiger partial charge < -0.3 is 14.5 Å². The van der Waals surface area contributed by atoms with Gasteiger partial charge in [-0.15, -0.1) is 11.8 Å². The Morgan fingerprint density at radius 2 is 1.89 bits per heavy atom. The van der Waals surface area contributed by atoms with Crippen LogP contribution in [0.2, 0.25) is 0 Å². The van der Waals surface area contributed by atoms with E-state index in [0.29, 0.717) is 22.2 Å². The molecule has 6 nitrogen and oxygen atoms in total. The molecule has 0 spiro atoms. The van der Waals surface area contributed by atoms with Gasteiger partial charge in [0.2, 0.25) is 5.91 Å². The van der Waals surface area contributed by atoms with E-state index in [1.165, 1.54) is 24.8 Å². The number of carbonyl (C=O) groups is 2. The van der Waals surface area contributed by atoms with Crippen LogP contribution in [0.25, 0.3) is 11.0 Å². The van der Waals surface area contributed by atoms with Crippen molar-refractivity contribution in [1.82, 2.24) is 0 Å². The van der Waals surface area contributed by atoms with Crippen molar-refractivity contribution in [2.24, 2.45) is 0 Å². The fourth-order valence-electron chi connectivity index (χ4n) is 2.50. The van der Waals surface area contributed by atoms with Gasteiger partial charge in [0.25, 0.3) is 0 Å². The summed E-state index contributed by atoms with van der Waals surface area (Å²) in [6, 6.07) is 13.9. The number of nitrogens with one attached hydrogen (secondary N) is 1. The van der Waals surface area contributed by atoms with Gasteiger partial charge in [-0.2, -0.15) is 0 Å². The van der Waals surface area contributed by atoms with E-state index >= 15 is 0 Å². The molecule has 0 fully saturated rings. The fraction of sp³-hybridized carbons (Fsp3) is 0.150. The van der Waals surface area contributed by atoms with Crippen LogP contribution in [0.5, 0.6) is 0 Å². The van der Waals surface area contributed by atoms with Crippen LogP contribution in [0.15, 0.2) is 67.1 Å². The molecule has 0 saturated carbocycles. The first kappa shape index (κ1) is 20.2. The number of carbonyl (C=O) groups excluding carboxylic acids is 2. The van der Waals surface area contributed by atoms with Crippen LogP contribution in [-0.2, 0) is 20.9 Å². The molecule has 2 aromatic carbocycles. The maximum Gasteiger partial charge on any atom is 0.336 e. The summed E-state index contributed by atoms with van der Waals surface area (Å²) in [6.07, 6.45) is 0. The third kappa shape index (κ3) is 5.46. The summed E-state index contributed by atoms with van der Waals surface area (Å²) in [5, 5.41) is 3.27. The first-order valence-corrected chi connectivity index (χ1v) is 10.1. The molecule has 144 valence electrons. The highest BCUT2D eigenvalue weighted by molar-refractivity contribution is 9.10. The van der Waals surface area contributed by atoms with E-state index in [1.807, 2.05) is 24.3 Å². The molecule has 0 aliphatic heterocycles. The summed E-state index contributed by atoms with van der Waals surface area (Å²) in [6.45, 7) is 1.35. The van der Waals surface area contributed by atoms with Crippen molar-refractivity contribution < 1.29 is 18.7 Å². The second-order valence-corrected chi connectivity index (χ2v) is 7.85. The number of rotatable bonds is 6. The molecule has 3 aromatic rings. The predicted octanol–water partition coefficient (Wildman–Crippen LogP) is 4.35. The third-order valence-electron chi connectivity index (χ3n) is 3.71. The first-order valence-electron chi connectivity index (χ1n) is 8.29. The number of amides is 1. The summed E-state index contributed by atoms with van der Waals surface area (Å²) < 4.78 is 11.5. The van der Waals surface area contributed by atoms with E-state index < -0.39 is 5.63 Å². The van der Waals surface area contributed by atoms with Gasteiger partial charge in [0.05, 0.1) is 5.75 Å². The first-order chi connectivity index (χ1) is 13.4. The molecule has 1 amide bonds. The summed E-state index contributed by atoms with van der Waals surface area (Å²) in [7, 11) is 0. The minimum absolute atomic E-state index is 0.0404. The van der Waals surface area contributed by atoms with E-state index in [9.17, 15) is 14.4 Å². The average molecular weight is 462 g/mol. The Labute approximate surface area is 173 Å². The molecule has 28 heavy (non-hydrogen) atoms. The SMILES string of the molecule is CC(=O)Nc1ccc2c(COC(=O)CSc3ccc(Br)cc3)cc(=O)oc2c1. The molecule has 1 heterocycles. The number of anilines is 1. The lowest BCUT2D eigenvalue weighted by Crippen LogP contribution is -2.10. The summed E-state index contributed by atoms with van der Waals surface area (Å²) in [5.74, 6) is -0.451. The standard InChI is InChI=1S/C20H16BrNO5S/c1-12(23)22-15-4-7-17-13(8-19(24)27-18(17)9-15)10-26-20(25)11-28-16-5-2-14(21)3-6-16/h2-9H,10-11H2,1H3,(H,22,23). The highest BCUT2D eigenvalue weighted by Gasteiger charge is 2.11. The van der Waals surface area contributed by atoms with Crippen LogP contribution in [0.3, 0.4) is 0 Å². The molecule has 0 unspecified atom stereocenters. The van der Waals surface area contributed by atoms with E-state index in [4.69, 9.17) is 9.15 Å². The van der Waals surface area contributed by atoms with Crippen LogP contribution in [0.1, 0.15) is 12.5 Å². The molecular formula is C20H16BrNO5S. The largest absolute Gasteiger partial charge is 0.460 e. The second kappa shape index (κ2) is 9.07. The Balaban J connectivity index is 1.67. The fourth-order valence-corrected chi connectivity index (χ4v) is 3.46. The number of hydrogen-bond donors (Lipinski definition) is 1. The molecule has 0 saturated heterocycles. The van der Waals surface area contributed by atoms with Crippen molar-refractivity contribution in [3.63, 3.8) is 0 Å². The topological polar surface area (TPSA) is 85.6 Å². The summed E-state index contributed by atoms with van der Waals surface area (Å²) in [4.78, 5) is 36.0. The van der Waals surface area contributed by atoms with Gasteiger partial charge in [0, 0.05) is 45.1 Å². The van der Waals surface area contributed by atoms with E-state index in [1.54, 1.807) is 18.2 Å². The summed E-state index contributed by atoms with van der Waals surface area (Å²) in [5.41, 5.74) is 0.822. The minimum atomic E-state index is -0.553. The molecule has 0 aliphatic rings. The van der Waals surface area contributed by atoms with Crippen molar-refractivity contribution in [3.05, 3.63) is 69.0 Å². The molecule has 1 aromatic heterocycles. The van der Waals surface area contributed by atoms with Gasteiger partial charge >= 0.3 is 11.6 Å². The zero-order chi connectivity index (χ0) is 20.1. The van der Waals surface area contributed by atoms with Crippen LogP contribution in [-0.4, -0.2) is 17.6 Å². The monoisotopic (exact) mass is 461 g/mol. The van der Waals surface area contributed by atoms with Gasteiger partial charge in [-0.05, 0) is 36.4 Å². The maximum atomic E-state index is 12.1. The number of hydrogen-bond acceptors (Lipinski definition) is 6. The Kier molecular flexibility index (Phi) is 6.53. The zero-order valence-electron chi connectivity index (χ0n) is 14.9. The number of esters is 1. The Bertz CT molecular complexity index is 1080. The van der Waals surface area contributed by atoms with Gasteiger partial charge in [-0.25, -0.2) is 4.79 Å². The van der Waals surface area contributed by atoms with Gasteiger partial charge in [-0.3, -0.25) is 9.59 Å². The van der Waals surface area contributed by atoms with Crippen LogP contribution < -0.4 is 10.9 Å². The quantitative estimate of drug-likeness (QED) is 0.333. The van der Waals surface area contributed by atoms with Gasteiger partial charge in [-0.1, -0.05) is 15.9 Å². The van der Waals surface area contributed by atoms with Crippen LogP contribution in [0, 0.1) is 0 Å². The zero-order valence-corrected chi connectivity index (χ0v) is 17.3. The highest BCUT2D eigenvalue weighted by atomic mass is 79.9. The third-order valence-corrected chi connectivity index (χ3v) is 5.22. The van der Waals surface area contributed by atoms with Crippen molar-refractivity contribution in [1.29, 1.82) is 0 Å². The van der Waals surface area contributed by atoms with Crippen LogP contribution in [0.4, 0.5) is 5.69 Å². The lowest BCUT2D eigenvalue weighted by Gasteiger charge is -2.09. The molecule has 0 atom stereocenters. The Morgan fingerprint density at radius 1 is 1.14 bits per heavy atom. The smallest absolute Gasteiger partial charge is 0.336 e.